The third-order valence-electron chi connectivity index (χ3n) is 1.72. The van der Waals surface area contributed by atoms with Crippen molar-refractivity contribution in [3.63, 3.8) is 0 Å². The first-order valence-electron chi connectivity index (χ1n) is 4.57. The van der Waals surface area contributed by atoms with Gasteiger partial charge in [0.15, 0.2) is 0 Å². The van der Waals surface area contributed by atoms with Crippen molar-refractivity contribution in [3.05, 3.63) is 4.91 Å². The minimum absolute atomic E-state index is 0.168. The van der Waals surface area contributed by atoms with E-state index in [9.17, 15) is 4.91 Å². The standard InChI is InChI=1S/C9H19NO2/c1-8(2)5-7-12-9(3)4-6-10-11/h8-9H,4-7H2,1-3H3. The lowest BCUT2D eigenvalue weighted by Crippen LogP contribution is -2.11. The van der Waals surface area contributed by atoms with Gasteiger partial charge in [-0.15, -0.1) is 0 Å². The van der Waals surface area contributed by atoms with Crippen molar-refractivity contribution in [2.45, 2.75) is 39.7 Å². The summed E-state index contributed by atoms with van der Waals surface area (Å²) in [6.07, 6.45) is 1.99. The number of ether oxygens (including phenoxy) is 1. The Hall–Kier alpha value is -0.440. The summed E-state index contributed by atoms with van der Waals surface area (Å²) in [7, 11) is 0. The molecule has 0 heterocycles. The second-order valence-electron chi connectivity index (χ2n) is 3.51. The SMILES string of the molecule is CC(C)CCOC(C)CCN=O. The van der Waals surface area contributed by atoms with Crippen LogP contribution in [0.5, 0.6) is 0 Å². The molecule has 1 atom stereocenters. The number of nitrogens with zero attached hydrogens (tertiary/aromatic N) is 1. The van der Waals surface area contributed by atoms with Gasteiger partial charge in [-0.1, -0.05) is 19.0 Å². The van der Waals surface area contributed by atoms with Gasteiger partial charge in [-0.3, -0.25) is 0 Å². The smallest absolute Gasteiger partial charge is 0.0835 e. The fourth-order valence-corrected chi connectivity index (χ4v) is 0.823. The molecule has 0 rings (SSSR count). The van der Waals surface area contributed by atoms with Gasteiger partial charge in [-0.05, 0) is 25.7 Å². The Morgan fingerprint density at radius 2 is 1.92 bits per heavy atom. The zero-order valence-corrected chi connectivity index (χ0v) is 8.25. The first-order valence-corrected chi connectivity index (χ1v) is 4.57. The van der Waals surface area contributed by atoms with E-state index in [2.05, 4.69) is 19.0 Å². The number of hydrogen-bond donors (Lipinski definition) is 0. The van der Waals surface area contributed by atoms with Crippen molar-refractivity contribution in [2.75, 3.05) is 13.2 Å². The molecule has 0 aromatic carbocycles. The van der Waals surface area contributed by atoms with Gasteiger partial charge in [-0.25, -0.2) is 0 Å². The zero-order chi connectivity index (χ0) is 9.40. The second kappa shape index (κ2) is 7.22. The van der Waals surface area contributed by atoms with Crippen LogP contribution >= 0.6 is 0 Å². The molecular weight excluding hydrogens is 154 g/mol. The molecule has 0 saturated carbocycles. The third kappa shape index (κ3) is 7.66. The topological polar surface area (TPSA) is 38.7 Å². The molecule has 0 fully saturated rings. The summed E-state index contributed by atoms with van der Waals surface area (Å²) in [4.78, 5) is 9.79. The van der Waals surface area contributed by atoms with Gasteiger partial charge in [0, 0.05) is 6.61 Å². The average molecular weight is 173 g/mol. The lowest BCUT2D eigenvalue weighted by Gasteiger charge is -2.11. The minimum atomic E-state index is 0.168. The molecule has 12 heavy (non-hydrogen) atoms. The summed E-state index contributed by atoms with van der Waals surface area (Å²) < 4.78 is 5.46. The van der Waals surface area contributed by atoms with E-state index < -0.39 is 0 Å². The molecule has 0 aromatic heterocycles. The maximum atomic E-state index is 9.79. The highest BCUT2D eigenvalue weighted by Crippen LogP contribution is 2.03. The molecule has 0 N–H and O–H groups in total. The van der Waals surface area contributed by atoms with Gasteiger partial charge in [0.1, 0.15) is 0 Å². The summed E-state index contributed by atoms with van der Waals surface area (Å²) in [6.45, 7) is 7.47. The molecule has 1 unspecified atom stereocenters. The van der Waals surface area contributed by atoms with E-state index in [1.165, 1.54) is 0 Å². The maximum absolute atomic E-state index is 9.79. The van der Waals surface area contributed by atoms with E-state index in [1.807, 2.05) is 6.92 Å². The molecule has 0 saturated heterocycles. The molecule has 0 aliphatic rings. The van der Waals surface area contributed by atoms with E-state index >= 15 is 0 Å². The van der Waals surface area contributed by atoms with Crippen LogP contribution in [0.4, 0.5) is 0 Å². The van der Waals surface area contributed by atoms with E-state index in [4.69, 9.17) is 4.74 Å². The van der Waals surface area contributed by atoms with Crippen molar-refractivity contribution in [1.29, 1.82) is 0 Å². The highest BCUT2D eigenvalue weighted by molar-refractivity contribution is 4.53. The van der Waals surface area contributed by atoms with Crippen molar-refractivity contribution >= 4 is 0 Å². The molecule has 0 spiro atoms. The van der Waals surface area contributed by atoms with E-state index in [1.54, 1.807) is 0 Å². The molecule has 0 radical (unpaired) electrons. The fourth-order valence-electron chi connectivity index (χ4n) is 0.823. The Labute approximate surface area is 74.5 Å². The lowest BCUT2D eigenvalue weighted by molar-refractivity contribution is 0.0550. The summed E-state index contributed by atoms with van der Waals surface area (Å²) >= 11 is 0. The van der Waals surface area contributed by atoms with Crippen LogP contribution in [0.15, 0.2) is 5.18 Å². The normalized spacial score (nSPS) is 13.3. The molecular formula is C9H19NO2. The molecule has 0 aliphatic carbocycles. The van der Waals surface area contributed by atoms with Gasteiger partial charge < -0.3 is 4.74 Å². The van der Waals surface area contributed by atoms with Gasteiger partial charge in [0.05, 0.1) is 12.6 Å². The van der Waals surface area contributed by atoms with Gasteiger partial charge in [0.25, 0.3) is 0 Å². The zero-order valence-electron chi connectivity index (χ0n) is 8.25. The van der Waals surface area contributed by atoms with Crippen LogP contribution in [0.25, 0.3) is 0 Å². The van der Waals surface area contributed by atoms with Crippen LogP contribution in [0.3, 0.4) is 0 Å². The summed E-state index contributed by atoms with van der Waals surface area (Å²) in [5, 5.41) is 2.79. The van der Waals surface area contributed by atoms with Gasteiger partial charge in [-0.2, -0.15) is 4.91 Å². The molecule has 3 heteroatoms. The second-order valence-corrected chi connectivity index (χ2v) is 3.51. The number of hydrogen-bond acceptors (Lipinski definition) is 3. The Balaban J connectivity index is 3.18. The first-order chi connectivity index (χ1) is 5.66. The van der Waals surface area contributed by atoms with Crippen molar-refractivity contribution in [2.24, 2.45) is 11.1 Å². The average Bonchev–Trinajstić information content (AvgIpc) is 2.00. The summed E-state index contributed by atoms with van der Waals surface area (Å²) in [5.41, 5.74) is 0. The van der Waals surface area contributed by atoms with Crippen molar-refractivity contribution < 1.29 is 4.74 Å². The van der Waals surface area contributed by atoms with Crippen molar-refractivity contribution in [3.8, 4) is 0 Å². The molecule has 0 aromatic rings. The van der Waals surface area contributed by atoms with Gasteiger partial charge in [0.2, 0.25) is 0 Å². The minimum Gasteiger partial charge on any atom is -0.378 e. The van der Waals surface area contributed by atoms with Crippen LogP contribution in [-0.2, 0) is 4.74 Å². The monoisotopic (exact) mass is 173 g/mol. The Morgan fingerprint density at radius 1 is 1.25 bits per heavy atom. The van der Waals surface area contributed by atoms with E-state index in [-0.39, 0.29) is 6.10 Å². The van der Waals surface area contributed by atoms with Gasteiger partial charge >= 0.3 is 0 Å². The number of rotatable bonds is 7. The molecule has 0 amide bonds. The van der Waals surface area contributed by atoms with Crippen molar-refractivity contribution in [1.82, 2.24) is 0 Å². The highest BCUT2D eigenvalue weighted by Gasteiger charge is 2.02. The quantitative estimate of drug-likeness (QED) is 0.555. The predicted octanol–water partition coefficient (Wildman–Crippen LogP) is 2.59. The summed E-state index contributed by atoms with van der Waals surface area (Å²) in [5.74, 6) is 0.682. The molecule has 3 nitrogen and oxygen atoms in total. The Bertz CT molecular complexity index is 115. The van der Waals surface area contributed by atoms with Crippen LogP contribution in [0.2, 0.25) is 0 Å². The van der Waals surface area contributed by atoms with E-state index in [0.717, 1.165) is 19.4 Å². The van der Waals surface area contributed by atoms with Crippen LogP contribution in [0.1, 0.15) is 33.6 Å². The fraction of sp³-hybridized carbons (Fsp3) is 1.00. The van der Waals surface area contributed by atoms with Crippen LogP contribution in [0, 0.1) is 10.8 Å². The molecule has 72 valence electrons. The largest absolute Gasteiger partial charge is 0.378 e. The number of nitroso groups, excluding NO2 is 1. The highest BCUT2D eigenvalue weighted by atomic mass is 16.5. The third-order valence-corrected chi connectivity index (χ3v) is 1.72. The predicted molar refractivity (Wildman–Crippen MR) is 50.1 cm³/mol. The Kier molecular flexibility index (Phi) is 6.96. The maximum Gasteiger partial charge on any atom is 0.0835 e. The summed E-state index contributed by atoms with van der Waals surface area (Å²) in [6, 6.07) is 0. The molecule has 0 aliphatic heterocycles. The van der Waals surface area contributed by atoms with E-state index in [0.29, 0.717) is 12.5 Å². The van der Waals surface area contributed by atoms with Crippen LogP contribution in [-0.4, -0.2) is 19.3 Å². The molecule has 0 bridgehead atoms. The Morgan fingerprint density at radius 3 is 2.42 bits per heavy atom. The lowest BCUT2D eigenvalue weighted by atomic mass is 10.1. The van der Waals surface area contributed by atoms with Crippen LogP contribution < -0.4 is 0 Å². The first kappa shape index (κ1) is 11.6.